The van der Waals surface area contributed by atoms with Gasteiger partial charge in [0.05, 0.1) is 13.2 Å². The Kier molecular flexibility index (Phi) is 8.84. The first kappa shape index (κ1) is 24.4. The van der Waals surface area contributed by atoms with E-state index in [4.69, 9.17) is 4.74 Å². The molecule has 0 atom stereocenters. The third-order valence-corrected chi connectivity index (χ3v) is 5.98. The van der Waals surface area contributed by atoms with Crippen molar-refractivity contribution in [1.82, 2.24) is 20.5 Å². The Labute approximate surface area is 206 Å². The van der Waals surface area contributed by atoms with Gasteiger partial charge >= 0.3 is 0 Å². The summed E-state index contributed by atoms with van der Waals surface area (Å²) in [5, 5.41) is 6.05. The van der Waals surface area contributed by atoms with Crippen molar-refractivity contribution in [2.24, 2.45) is 0 Å². The number of hydrogen-bond acceptors (Lipinski definition) is 5. The van der Waals surface area contributed by atoms with Crippen LogP contribution in [0.3, 0.4) is 0 Å². The molecule has 2 heterocycles. The first-order valence-corrected chi connectivity index (χ1v) is 12.1. The van der Waals surface area contributed by atoms with Gasteiger partial charge in [0.25, 0.3) is 5.91 Å². The molecule has 182 valence electrons. The molecule has 7 heteroatoms. The summed E-state index contributed by atoms with van der Waals surface area (Å²) in [7, 11) is 0. The summed E-state index contributed by atoms with van der Waals surface area (Å²) in [5.74, 6) is 0.511. The van der Waals surface area contributed by atoms with Crippen molar-refractivity contribution in [3.05, 3.63) is 95.3 Å². The van der Waals surface area contributed by atoms with E-state index < -0.39 is 0 Å². The lowest BCUT2D eigenvalue weighted by Gasteiger charge is -2.24. The Bertz CT molecular complexity index is 1110. The summed E-state index contributed by atoms with van der Waals surface area (Å²) < 4.78 is 6.16. The van der Waals surface area contributed by atoms with E-state index in [1.807, 2.05) is 60.7 Å². The van der Waals surface area contributed by atoms with Gasteiger partial charge in [0, 0.05) is 49.7 Å². The molecule has 0 saturated heterocycles. The number of pyridine rings is 1. The van der Waals surface area contributed by atoms with E-state index in [-0.39, 0.29) is 18.4 Å². The fourth-order valence-corrected chi connectivity index (χ4v) is 4.16. The van der Waals surface area contributed by atoms with Crippen LogP contribution in [0.25, 0.3) is 0 Å². The van der Waals surface area contributed by atoms with Crippen molar-refractivity contribution in [3.63, 3.8) is 0 Å². The molecule has 3 aromatic rings. The van der Waals surface area contributed by atoms with Gasteiger partial charge in [-0.15, -0.1) is 0 Å². The van der Waals surface area contributed by atoms with Crippen LogP contribution < -0.4 is 15.4 Å². The minimum atomic E-state index is -0.171. The van der Waals surface area contributed by atoms with Crippen LogP contribution in [0.1, 0.15) is 46.3 Å². The average Bonchev–Trinajstić information content (AvgIpc) is 2.89. The number of hydrogen-bond donors (Lipinski definition) is 2. The SMILES string of the molecule is O=C1CN(Cc2ccccc2)Cc2c(cccc2C(=O)NCc2ccncc2)OCCCCCN1. The molecule has 2 amide bonds. The number of carbonyl (C=O) groups excluding carboxylic acids is 2. The predicted octanol–water partition coefficient (Wildman–Crippen LogP) is 3.69. The number of ether oxygens (including phenoxy) is 1. The molecule has 2 aromatic carbocycles. The summed E-state index contributed by atoms with van der Waals surface area (Å²) in [4.78, 5) is 32.1. The second kappa shape index (κ2) is 12.7. The van der Waals surface area contributed by atoms with Crippen LogP contribution in [0, 0.1) is 0 Å². The average molecular weight is 473 g/mol. The van der Waals surface area contributed by atoms with E-state index >= 15 is 0 Å². The van der Waals surface area contributed by atoms with Gasteiger partial charge in [-0.3, -0.25) is 19.5 Å². The van der Waals surface area contributed by atoms with Gasteiger partial charge in [0.1, 0.15) is 5.75 Å². The van der Waals surface area contributed by atoms with Crippen LogP contribution in [0.5, 0.6) is 5.75 Å². The largest absolute Gasteiger partial charge is 0.493 e. The molecule has 7 nitrogen and oxygen atoms in total. The van der Waals surface area contributed by atoms with Gasteiger partial charge in [0.15, 0.2) is 0 Å². The predicted molar refractivity (Wildman–Crippen MR) is 135 cm³/mol. The fourth-order valence-electron chi connectivity index (χ4n) is 4.16. The highest BCUT2D eigenvalue weighted by atomic mass is 16.5. The lowest BCUT2D eigenvalue weighted by Crippen LogP contribution is -2.37. The molecule has 1 aliphatic heterocycles. The molecule has 0 bridgehead atoms. The monoisotopic (exact) mass is 472 g/mol. The number of aromatic nitrogens is 1. The minimum Gasteiger partial charge on any atom is -0.493 e. The van der Waals surface area contributed by atoms with E-state index in [0.717, 1.165) is 36.0 Å². The van der Waals surface area contributed by atoms with Gasteiger partial charge in [-0.05, 0) is 54.7 Å². The molecule has 1 aromatic heterocycles. The fraction of sp³-hybridized carbons (Fsp3) is 0.321. The highest BCUT2D eigenvalue weighted by Gasteiger charge is 2.21. The van der Waals surface area contributed by atoms with Crippen LogP contribution in [0.2, 0.25) is 0 Å². The molecular weight excluding hydrogens is 440 g/mol. The van der Waals surface area contributed by atoms with Crippen LogP contribution >= 0.6 is 0 Å². The maximum Gasteiger partial charge on any atom is 0.252 e. The molecule has 0 saturated carbocycles. The van der Waals surface area contributed by atoms with Crippen LogP contribution in [-0.2, 0) is 24.4 Å². The Morgan fingerprint density at radius 1 is 0.943 bits per heavy atom. The standard InChI is InChI=1S/C28H32N4O3/c33-27-21-32(19-23-8-3-1-4-9-23)20-25-24(28(34)31-18-22-12-15-29-16-13-22)10-7-11-26(25)35-17-6-2-5-14-30-27/h1,3-4,7-13,15-16H,2,5-6,14,17-21H2,(H,30,33)(H,31,34). The molecule has 4 rings (SSSR count). The van der Waals surface area contributed by atoms with Crippen LogP contribution in [-0.4, -0.2) is 41.4 Å². The number of rotatable bonds is 5. The Hall–Kier alpha value is -3.71. The smallest absolute Gasteiger partial charge is 0.252 e. The van der Waals surface area contributed by atoms with Crippen molar-refractivity contribution in [2.75, 3.05) is 19.7 Å². The zero-order valence-corrected chi connectivity index (χ0v) is 19.9. The normalized spacial score (nSPS) is 15.4. The van der Waals surface area contributed by atoms with Gasteiger partial charge in [-0.1, -0.05) is 36.4 Å². The number of benzene rings is 2. The molecule has 0 unspecified atom stereocenters. The first-order chi connectivity index (χ1) is 17.2. The summed E-state index contributed by atoms with van der Waals surface area (Å²) in [6.45, 7) is 2.87. The van der Waals surface area contributed by atoms with Crippen molar-refractivity contribution in [2.45, 2.75) is 38.9 Å². The number of nitrogens with zero attached hydrogens (tertiary/aromatic N) is 2. The molecule has 1 aliphatic rings. The Balaban J connectivity index is 1.61. The molecule has 0 radical (unpaired) electrons. The zero-order valence-electron chi connectivity index (χ0n) is 19.9. The van der Waals surface area contributed by atoms with E-state index in [1.165, 1.54) is 0 Å². The number of fused-ring (bicyclic) bond motifs is 1. The van der Waals surface area contributed by atoms with Gasteiger partial charge in [-0.25, -0.2) is 0 Å². The second-order valence-corrected chi connectivity index (χ2v) is 8.71. The lowest BCUT2D eigenvalue weighted by atomic mass is 10.0. The Morgan fingerprint density at radius 3 is 2.60 bits per heavy atom. The zero-order chi connectivity index (χ0) is 24.3. The first-order valence-electron chi connectivity index (χ1n) is 12.1. The molecule has 35 heavy (non-hydrogen) atoms. The van der Waals surface area contributed by atoms with E-state index in [9.17, 15) is 9.59 Å². The van der Waals surface area contributed by atoms with E-state index in [0.29, 0.717) is 44.1 Å². The third kappa shape index (κ3) is 7.39. The van der Waals surface area contributed by atoms with E-state index in [2.05, 4.69) is 20.5 Å². The minimum absolute atomic E-state index is 0.0118. The van der Waals surface area contributed by atoms with Gasteiger partial charge in [-0.2, -0.15) is 0 Å². The number of carbonyl (C=O) groups is 2. The third-order valence-electron chi connectivity index (χ3n) is 5.98. The van der Waals surface area contributed by atoms with Crippen molar-refractivity contribution >= 4 is 11.8 Å². The van der Waals surface area contributed by atoms with Gasteiger partial charge in [0.2, 0.25) is 5.91 Å². The Morgan fingerprint density at radius 2 is 1.77 bits per heavy atom. The molecule has 0 aliphatic carbocycles. The number of amides is 2. The van der Waals surface area contributed by atoms with Crippen molar-refractivity contribution in [3.8, 4) is 5.75 Å². The van der Waals surface area contributed by atoms with E-state index in [1.54, 1.807) is 12.4 Å². The maximum absolute atomic E-state index is 13.3. The van der Waals surface area contributed by atoms with Crippen molar-refractivity contribution < 1.29 is 14.3 Å². The molecule has 0 fully saturated rings. The van der Waals surface area contributed by atoms with Crippen LogP contribution in [0.15, 0.2) is 73.1 Å². The van der Waals surface area contributed by atoms with Crippen molar-refractivity contribution in [1.29, 1.82) is 0 Å². The summed E-state index contributed by atoms with van der Waals surface area (Å²) in [6, 6.07) is 19.4. The topological polar surface area (TPSA) is 83.6 Å². The maximum atomic E-state index is 13.3. The number of nitrogens with one attached hydrogen (secondary N) is 2. The van der Waals surface area contributed by atoms with Gasteiger partial charge < -0.3 is 15.4 Å². The lowest BCUT2D eigenvalue weighted by molar-refractivity contribution is -0.122. The van der Waals surface area contributed by atoms with Crippen LogP contribution in [0.4, 0.5) is 0 Å². The second-order valence-electron chi connectivity index (χ2n) is 8.71. The summed E-state index contributed by atoms with van der Waals surface area (Å²) >= 11 is 0. The highest BCUT2D eigenvalue weighted by molar-refractivity contribution is 5.96. The molecular formula is C28H32N4O3. The quantitative estimate of drug-likeness (QED) is 0.592. The molecule has 0 spiro atoms. The molecule has 2 N–H and O–H groups in total. The highest BCUT2D eigenvalue weighted by Crippen LogP contribution is 2.26. The summed E-state index contributed by atoms with van der Waals surface area (Å²) in [6.07, 6.45) is 6.19. The summed E-state index contributed by atoms with van der Waals surface area (Å²) in [5.41, 5.74) is 3.43.